The number of sulfonamides is 1. The van der Waals surface area contributed by atoms with Crippen LogP contribution in [0.25, 0.3) is 0 Å². The Kier molecular flexibility index (Phi) is 7.66. The number of anilines is 2. The maximum absolute atomic E-state index is 12.6. The molecular weight excluding hydrogens is 426 g/mol. The van der Waals surface area contributed by atoms with Crippen molar-refractivity contribution >= 4 is 27.3 Å². The fraction of sp³-hybridized carbons (Fsp3) is 0.458. The number of hydrogen-bond acceptors (Lipinski definition) is 5. The van der Waals surface area contributed by atoms with Crippen LogP contribution in [0.3, 0.4) is 0 Å². The molecule has 2 aromatic carbocycles. The monoisotopic (exact) mass is 459 g/mol. The van der Waals surface area contributed by atoms with E-state index in [4.69, 9.17) is 4.74 Å². The molecule has 0 aliphatic carbocycles. The predicted octanol–water partition coefficient (Wildman–Crippen LogP) is 3.72. The van der Waals surface area contributed by atoms with Crippen LogP contribution in [0, 0.1) is 0 Å². The number of nitrogens with one attached hydrogen (secondary N) is 1. The molecule has 0 aromatic heterocycles. The number of amides is 1. The van der Waals surface area contributed by atoms with Crippen molar-refractivity contribution in [2.24, 2.45) is 0 Å². The fourth-order valence-corrected chi connectivity index (χ4v) is 4.23. The van der Waals surface area contributed by atoms with Crippen molar-refractivity contribution < 1.29 is 17.9 Å². The van der Waals surface area contributed by atoms with Crippen LogP contribution in [-0.2, 0) is 14.8 Å². The average molecular weight is 460 g/mol. The number of benzene rings is 2. The number of ether oxygens (including phenoxy) is 1. The van der Waals surface area contributed by atoms with Gasteiger partial charge in [0.15, 0.2) is 6.10 Å². The summed E-state index contributed by atoms with van der Waals surface area (Å²) in [6.07, 6.45) is 4.24. The van der Waals surface area contributed by atoms with Crippen LogP contribution in [0.1, 0.15) is 44.7 Å². The van der Waals surface area contributed by atoms with E-state index >= 15 is 0 Å². The fourth-order valence-electron chi connectivity index (χ4n) is 3.72. The van der Waals surface area contributed by atoms with E-state index in [1.807, 2.05) is 6.92 Å². The molecular formula is C24H33N3O4S. The van der Waals surface area contributed by atoms with Crippen LogP contribution < -0.4 is 19.3 Å². The summed E-state index contributed by atoms with van der Waals surface area (Å²) >= 11 is 0. The highest BCUT2D eigenvalue weighted by atomic mass is 32.2. The third kappa shape index (κ3) is 6.16. The Morgan fingerprint density at radius 2 is 1.59 bits per heavy atom. The van der Waals surface area contributed by atoms with Gasteiger partial charge in [-0.3, -0.25) is 9.10 Å². The van der Waals surface area contributed by atoms with E-state index in [0.29, 0.717) is 11.4 Å². The van der Waals surface area contributed by atoms with E-state index in [-0.39, 0.29) is 11.9 Å². The molecule has 1 amide bonds. The van der Waals surface area contributed by atoms with Gasteiger partial charge in [0.1, 0.15) is 5.75 Å². The summed E-state index contributed by atoms with van der Waals surface area (Å²) < 4.78 is 30.2. The molecule has 2 aromatic rings. The first-order valence-corrected chi connectivity index (χ1v) is 12.9. The Morgan fingerprint density at radius 1 is 1.00 bits per heavy atom. The molecule has 1 saturated heterocycles. The molecule has 0 unspecified atom stereocenters. The smallest absolute Gasteiger partial charge is 0.261 e. The molecule has 8 heteroatoms. The molecule has 1 aliphatic rings. The summed E-state index contributed by atoms with van der Waals surface area (Å²) in [5.41, 5.74) is 2.80. The van der Waals surface area contributed by atoms with Gasteiger partial charge >= 0.3 is 0 Å². The standard InChI is InChI=1S/C24H33N3O4S/c1-18(20-8-10-22(11-9-20)27-16-6-5-7-17-27)25-24(28)19(2)31-23-14-12-21(13-15-23)26(3)32(4,29)30/h8-15,18-19H,5-7,16-17H2,1-4H3,(H,25,28)/t18-,19-/m1/s1. The quantitative estimate of drug-likeness (QED) is 0.651. The van der Waals surface area contributed by atoms with Gasteiger partial charge in [0.05, 0.1) is 18.0 Å². The van der Waals surface area contributed by atoms with Gasteiger partial charge in [-0.1, -0.05) is 12.1 Å². The van der Waals surface area contributed by atoms with E-state index < -0.39 is 16.1 Å². The van der Waals surface area contributed by atoms with Gasteiger partial charge in [-0.2, -0.15) is 0 Å². The van der Waals surface area contributed by atoms with E-state index in [1.54, 1.807) is 31.2 Å². The second kappa shape index (κ2) is 10.3. The zero-order valence-corrected chi connectivity index (χ0v) is 20.1. The minimum atomic E-state index is -3.33. The molecule has 0 radical (unpaired) electrons. The van der Waals surface area contributed by atoms with Gasteiger partial charge in [0.25, 0.3) is 5.91 Å². The molecule has 0 spiro atoms. The zero-order chi connectivity index (χ0) is 23.3. The van der Waals surface area contributed by atoms with Gasteiger partial charge in [-0.05, 0) is 75.1 Å². The SMILES string of the molecule is C[C@@H](Oc1ccc(N(C)S(C)(=O)=O)cc1)C(=O)N[C@H](C)c1ccc(N2CCCCC2)cc1. The highest BCUT2D eigenvalue weighted by molar-refractivity contribution is 7.92. The Morgan fingerprint density at radius 3 is 2.16 bits per heavy atom. The molecule has 7 nitrogen and oxygen atoms in total. The van der Waals surface area contributed by atoms with Gasteiger partial charge in [0, 0.05) is 25.8 Å². The number of rotatable bonds is 8. The molecule has 2 atom stereocenters. The molecule has 3 rings (SSSR count). The van der Waals surface area contributed by atoms with E-state index in [1.165, 1.54) is 36.3 Å². The molecule has 1 N–H and O–H groups in total. The second-order valence-corrected chi connectivity index (χ2v) is 10.4. The van der Waals surface area contributed by atoms with E-state index in [9.17, 15) is 13.2 Å². The number of carbonyl (C=O) groups is 1. The highest BCUT2D eigenvalue weighted by Gasteiger charge is 2.19. The second-order valence-electron chi connectivity index (χ2n) is 8.35. The summed E-state index contributed by atoms with van der Waals surface area (Å²) in [6, 6.07) is 14.8. The number of nitrogens with zero attached hydrogens (tertiary/aromatic N) is 2. The molecule has 1 fully saturated rings. The summed E-state index contributed by atoms with van der Waals surface area (Å²) in [7, 11) is -1.84. The summed E-state index contributed by atoms with van der Waals surface area (Å²) in [5.74, 6) is 0.284. The number of hydrogen-bond donors (Lipinski definition) is 1. The lowest BCUT2D eigenvalue weighted by Gasteiger charge is -2.29. The maximum atomic E-state index is 12.6. The topological polar surface area (TPSA) is 78.9 Å². The summed E-state index contributed by atoms with van der Waals surface area (Å²) in [4.78, 5) is 15.0. The molecule has 0 bridgehead atoms. The van der Waals surface area contributed by atoms with Gasteiger partial charge in [-0.15, -0.1) is 0 Å². The van der Waals surface area contributed by atoms with Crippen LogP contribution in [0.15, 0.2) is 48.5 Å². The minimum absolute atomic E-state index is 0.144. The van der Waals surface area contributed by atoms with Crippen molar-refractivity contribution in [3.8, 4) is 5.75 Å². The first-order chi connectivity index (χ1) is 15.1. The van der Waals surface area contributed by atoms with Crippen molar-refractivity contribution in [3.63, 3.8) is 0 Å². The lowest BCUT2D eigenvalue weighted by atomic mass is 10.1. The average Bonchev–Trinajstić information content (AvgIpc) is 2.79. The van der Waals surface area contributed by atoms with Crippen molar-refractivity contribution in [1.82, 2.24) is 5.32 Å². The van der Waals surface area contributed by atoms with Crippen LogP contribution in [0.5, 0.6) is 5.75 Å². The largest absolute Gasteiger partial charge is 0.481 e. The van der Waals surface area contributed by atoms with Crippen LogP contribution in [0.2, 0.25) is 0 Å². The van der Waals surface area contributed by atoms with Crippen LogP contribution >= 0.6 is 0 Å². The van der Waals surface area contributed by atoms with E-state index in [0.717, 1.165) is 24.9 Å². The van der Waals surface area contributed by atoms with Crippen molar-refractivity contribution in [1.29, 1.82) is 0 Å². The number of carbonyl (C=O) groups excluding carboxylic acids is 1. The van der Waals surface area contributed by atoms with Crippen molar-refractivity contribution in [2.75, 3.05) is 35.6 Å². The first-order valence-electron chi connectivity index (χ1n) is 11.0. The van der Waals surface area contributed by atoms with E-state index in [2.05, 4.69) is 34.5 Å². The summed E-state index contributed by atoms with van der Waals surface area (Å²) in [6.45, 7) is 5.85. The highest BCUT2D eigenvalue weighted by Crippen LogP contribution is 2.23. The predicted molar refractivity (Wildman–Crippen MR) is 129 cm³/mol. The first kappa shape index (κ1) is 23.9. The Hall–Kier alpha value is -2.74. The number of piperidine rings is 1. The lowest BCUT2D eigenvalue weighted by Crippen LogP contribution is -2.37. The molecule has 1 aliphatic heterocycles. The molecule has 174 valence electrons. The minimum Gasteiger partial charge on any atom is -0.481 e. The van der Waals surface area contributed by atoms with Gasteiger partial charge < -0.3 is 15.0 Å². The molecule has 0 saturated carbocycles. The summed E-state index contributed by atoms with van der Waals surface area (Å²) in [5, 5.41) is 3.00. The normalized spacial score (nSPS) is 16.2. The van der Waals surface area contributed by atoms with Crippen molar-refractivity contribution in [3.05, 3.63) is 54.1 Å². The third-order valence-corrected chi connectivity index (χ3v) is 7.06. The lowest BCUT2D eigenvalue weighted by molar-refractivity contribution is -0.127. The molecule has 1 heterocycles. The third-order valence-electron chi connectivity index (χ3n) is 5.85. The van der Waals surface area contributed by atoms with Crippen LogP contribution in [-0.4, -0.2) is 46.8 Å². The Labute approximate surface area is 191 Å². The zero-order valence-electron chi connectivity index (χ0n) is 19.2. The van der Waals surface area contributed by atoms with Crippen LogP contribution in [0.4, 0.5) is 11.4 Å². The van der Waals surface area contributed by atoms with Gasteiger partial charge in [0.2, 0.25) is 10.0 Å². The van der Waals surface area contributed by atoms with Gasteiger partial charge in [-0.25, -0.2) is 8.42 Å². The van der Waals surface area contributed by atoms with Crippen molar-refractivity contribution in [2.45, 2.75) is 45.3 Å². The Bertz CT molecular complexity index is 1000. The molecule has 32 heavy (non-hydrogen) atoms. The Balaban J connectivity index is 1.54. The maximum Gasteiger partial charge on any atom is 0.261 e.